The van der Waals surface area contributed by atoms with E-state index in [2.05, 4.69) is 0 Å². The summed E-state index contributed by atoms with van der Waals surface area (Å²) in [6.07, 6.45) is -3.59. The van der Waals surface area contributed by atoms with Gasteiger partial charge in [0.05, 0.1) is 20.5 Å². The van der Waals surface area contributed by atoms with E-state index < -0.39 is 24.5 Å². The van der Waals surface area contributed by atoms with Gasteiger partial charge in [-0.25, -0.2) is 0 Å². The summed E-state index contributed by atoms with van der Waals surface area (Å²) in [7, 11) is 0. The van der Waals surface area contributed by atoms with Crippen LogP contribution in [0, 0.1) is 5.92 Å². The molecule has 0 fully saturated rings. The first-order chi connectivity index (χ1) is 14.3. The molecule has 0 saturated carbocycles. The molecule has 0 aliphatic carbocycles. The van der Waals surface area contributed by atoms with Gasteiger partial charge in [-0.2, -0.15) is 0 Å². The molecule has 150 valence electrons. The summed E-state index contributed by atoms with van der Waals surface area (Å²) < 4.78 is 23.2. The van der Waals surface area contributed by atoms with Crippen molar-refractivity contribution in [1.82, 2.24) is 0 Å². The Labute approximate surface area is 171 Å². The van der Waals surface area contributed by atoms with Crippen LogP contribution in [0.3, 0.4) is 0 Å². The average Bonchev–Trinajstić information content (AvgIpc) is 2.68. The number of rotatable bonds is 7. The third-order valence-corrected chi connectivity index (χ3v) is 4.10. The molecule has 0 bridgehead atoms. The lowest BCUT2D eigenvalue weighted by Gasteiger charge is -2.24. The first-order valence-corrected chi connectivity index (χ1v) is 9.03. The Kier molecular flexibility index (Phi) is 8.06. The number of hydrogen-bond donors (Lipinski definition) is 2. The fourth-order valence-electron chi connectivity index (χ4n) is 2.62. The van der Waals surface area contributed by atoms with E-state index in [9.17, 15) is 19.8 Å². The third-order valence-electron chi connectivity index (χ3n) is 4.10. The molecular weight excluding hydrogens is 352 g/mol. The van der Waals surface area contributed by atoms with E-state index in [-0.39, 0.29) is 22.7 Å². The third kappa shape index (κ3) is 6.87. The maximum atomic E-state index is 11.7. The highest BCUT2D eigenvalue weighted by molar-refractivity contribution is 6.25. The van der Waals surface area contributed by atoms with Crippen LogP contribution in [-0.2, 0) is 4.79 Å². The molecule has 0 saturated heterocycles. The lowest BCUT2D eigenvalue weighted by Crippen LogP contribution is -2.23. The Hall–Kier alpha value is -2.56. The second kappa shape index (κ2) is 12.0. The molecule has 4 atom stereocenters. The number of allylic oxidation sites excluding steroid dienone is 2. The zero-order chi connectivity index (χ0) is 23.8. The highest BCUT2D eigenvalue weighted by Crippen LogP contribution is 2.26. The van der Waals surface area contributed by atoms with Crippen LogP contribution >= 0.6 is 0 Å². The topological polar surface area (TPSA) is 74.6 Å². The molecule has 0 aliphatic heterocycles. The number of ketones is 2. The summed E-state index contributed by atoms with van der Waals surface area (Å²) in [5.41, 5.74) is 1.07. The monoisotopic (exact) mass is 388 g/mol. The fourth-order valence-corrected chi connectivity index (χ4v) is 2.62. The van der Waals surface area contributed by atoms with Gasteiger partial charge in [0.2, 0.25) is 0 Å². The highest BCUT2D eigenvalue weighted by atomic mass is 16.3. The molecule has 0 heterocycles. The van der Waals surface area contributed by atoms with Crippen molar-refractivity contribution < 1.29 is 23.9 Å². The normalized spacial score (nSPS) is 19.2. The van der Waals surface area contributed by atoms with Crippen LogP contribution in [-0.4, -0.2) is 27.9 Å². The van der Waals surface area contributed by atoms with Gasteiger partial charge in [-0.1, -0.05) is 73.7 Å². The van der Waals surface area contributed by atoms with Crippen molar-refractivity contribution >= 4 is 11.6 Å². The average molecular weight is 389 g/mol. The molecule has 2 aromatic carbocycles. The van der Waals surface area contributed by atoms with E-state index in [1.54, 1.807) is 67.6 Å². The second-order valence-corrected chi connectivity index (χ2v) is 6.16. The van der Waals surface area contributed by atoms with Gasteiger partial charge >= 0.3 is 0 Å². The van der Waals surface area contributed by atoms with Crippen molar-refractivity contribution in [3.05, 3.63) is 83.4 Å². The molecule has 2 aromatic rings. The summed E-state index contributed by atoms with van der Waals surface area (Å²) in [6, 6.07) is 17.0. The molecular formula is C24H30O4. The van der Waals surface area contributed by atoms with Crippen molar-refractivity contribution in [3.63, 3.8) is 0 Å². The molecule has 4 unspecified atom stereocenters. The van der Waals surface area contributed by atoms with Crippen molar-refractivity contribution in [3.8, 4) is 0 Å². The predicted octanol–water partition coefficient (Wildman–Crippen LogP) is 4.53. The number of carbonyl (C=O) groups is 2. The summed E-state index contributed by atoms with van der Waals surface area (Å²) in [6.45, 7) is 5.73. The highest BCUT2D eigenvalue weighted by Gasteiger charge is 2.23. The number of aliphatic hydroxyl groups is 2. The second-order valence-electron chi connectivity index (χ2n) is 6.16. The summed E-state index contributed by atoms with van der Waals surface area (Å²) in [5.74, 6) is -1.63. The minimum absolute atomic E-state index is 0.193. The van der Waals surface area contributed by atoms with Crippen molar-refractivity contribution in [2.75, 3.05) is 0 Å². The van der Waals surface area contributed by atoms with E-state index in [4.69, 9.17) is 4.11 Å². The molecule has 28 heavy (non-hydrogen) atoms. The van der Waals surface area contributed by atoms with E-state index in [0.29, 0.717) is 5.56 Å². The maximum absolute atomic E-state index is 11.7. The van der Waals surface area contributed by atoms with Gasteiger partial charge in [0.1, 0.15) is 0 Å². The smallest absolute Gasteiger partial charge is 0.196 e. The van der Waals surface area contributed by atoms with E-state index in [1.807, 2.05) is 6.07 Å². The van der Waals surface area contributed by atoms with Crippen LogP contribution in [0.25, 0.3) is 0 Å². The molecule has 0 amide bonds. The van der Waals surface area contributed by atoms with Crippen LogP contribution < -0.4 is 0 Å². The zero-order valence-electron chi connectivity index (χ0n) is 19.7. The van der Waals surface area contributed by atoms with Crippen LogP contribution in [0.4, 0.5) is 0 Å². The first-order valence-electron chi connectivity index (χ1n) is 10.6. The predicted molar refractivity (Wildman–Crippen MR) is 112 cm³/mol. The first kappa shape index (κ1) is 18.8. The zero-order valence-corrected chi connectivity index (χ0v) is 16.7. The lowest BCUT2D eigenvalue weighted by molar-refractivity contribution is -0.113. The van der Waals surface area contributed by atoms with Gasteiger partial charge in [0, 0.05) is 12.9 Å². The lowest BCUT2D eigenvalue weighted by atomic mass is 9.89. The molecule has 0 aliphatic rings. The van der Waals surface area contributed by atoms with Crippen LogP contribution in [0.2, 0.25) is 0 Å². The quantitative estimate of drug-likeness (QED) is 0.316. The molecule has 4 nitrogen and oxygen atoms in total. The molecule has 0 spiro atoms. The van der Waals surface area contributed by atoms with Crippen LogP contribution in [0.1, 0.15) is 60.2 Å². The van der Waals surface area contributed by atoms with Crippen molar-refractivity contribution in [2.45, 2.75) is 46.3 Å². The van der Waals surface area contributed by atoms with Gasteiger partial charge in [-0.3, -0.25) is 9.59 Å². The summed E-state index contributed by atoms with van der Waals surface area (Å²) in [4.78, 5) is 22.8. The molecule has 4 heteroatoms. The minimum atomic E-state index is -2.16. The maximum Gasteiger partial charge on any atom is 0.196 e. The van der Waals surface area contributed by atoms with E-state index >= 15 is 0 Å². The Morgan fingerprint density at radius 2 is 1.57 bits per heavy atom. The van der Waals surface area contributed by atoms with E-state index in [1.165, 1.54) is 20.8 Å². The number of Topliss-reactive ketones (excluding diaryl/α,β-unsaturated/α-hetero) is 2. The van der Waals surface area contributed by atoms with E-state index in [0.717, 1.165) is 0 Å². The molecule has 2 N–H and O–H groups in total. The van der Waals surface area contributed by atoms with Crippen LogP contribution in [0.5, 0.6) is 0 Å². The summed E-state index contributed by atoms with van der Waals surface area (Å²) in [5, 5.41) is 19.9. The Morgan fingerprint density at radius 3 is 1.96 bits per heavy atom. The fraction of sp³-hybridized carbons (Fsp3) is 0.333. The van der Waals surface area contributed by atoms with Gasteiger partial charge < -0.3 is 10.2 Å². The van der Waals surface area contributed by atoms with Crippen LogP contribution in [0.15, 0.2) is 72.3 Å². The summed E-state index contributed by atoms with van der Waals surface area (Å²) >= 11 is 0. The standard InChI is InChI=1S/C12H18O2.C12H12O2/c2*1-3-11(9(2)13)12(14)10-7-5-4-6-8-10/h4-9,11-14H,3H2,1-2H3;3-8H,1-2H3/b;11-3-/i3T,9T,12T;. The Bertz CT molecular complexity index is 886. The number of benzene rings is 2. The number of carbonyl (C=O) groups excluding carboxylic acids is 2. The van der Waals surface area contributed by atoms with Gasteiger partial charge in [-0.15, -0.1) is 0 Å². The van der Waals surface area contributed by atoms with Gasteiger partial charge in [0.25, 0.3) is 0 Å². The molecule has 2 rings (SSSR count). The number of hydrogen-bond acceptors (Lipinski definition) is 4. The van der Waals surface area contributed by atoms with Crippen molar-refractivity contribution in [1.29, 1.82) is 0 Å². The minimum Gasteiger partial charge on any atom is -0.393 e. The van der Waals surface area contributed by atoms with Crippen molar-refractivity contribution in [2.24, 2.45) is 5.92 Å². The molecule has 0 radical (unpaired) electrons. The Morgan fingerprint density at radius 1 is 1.07 bits per heavy atom. The van der Waals surface area contributed by atoms with Gasteiger partial charge in [0.15, 0.2) is 11.6 Å². The molecule has 0 aromatic heterocycles. The SMILES string of the molecule is C/C=C(/C(C)=O)C(=O)c1ccccc1.[3H]C(C)C(C([3H])(C)O)C([3H])(O)c1ccccc1. The Balaban J connectivity index is 0.000000316. The largest absolute Gasteiger partial charge is 0.393 e. The van der Waals surface area contributed by atoms with Gasteiger partial charge in [-0.05, 0) is 32.7 Å².